The van der Waals surface area contributed by atoms with Gasteiger partial charge in [0.15, 0.2) is 11.6 Å². The second-order valence-corrected chi connectivity index (χ2v) is 12.7. The van der Waals surface area contributed by atoms with Crippen molar-refractivity contribution >= 4 is 78.1 Å². The van der Waals surface area contributed by atoms with Crippen molar-refractivity contribution in [2.75, 3.05) is 30.7 Å². The van der Waals surface area contributed by atoms with Crippen molar-refractivity contribution in [3.8, 4) is 5.82 Å². The molecule has 3 heterocycles. The van der Waals surface area contributed by atoms with E-state index in [0.29, 0.717) is 16.9 Å². The first-order valence-electron chi connectivity index (χ1n) is 13.5. The predicted octanol–water partition coefficient (Wildman–Crippen LogP) is 6.70. The van der Waals surface area contributed by atoms with Crippen LogP contribution in [0, 0.1) is 5.82 Å². The Morgan fingerprint density at radius 2 is 1.73 bits per heavy atom. The van der Waals surface area contributed by atoms with Crippen molar-refractivity contribution in [2.24, 2.45) is 0 Å². The summed E-state index contributed by atoms with van der Waals surface area (Å²) in [5.74, 6) is -0.219. The molecule has 10 nitrogen and oxygen atoms in total. The molecular weight excluding hydrogens is 640 g/mol. The Kier molecular flexibility index (Phi) is 8.14. The van der Waals surface area contributed by atoms with Gasteiger partial charge in [-0.05, 0) is 56.6 Å². The lowest BCUT2D eigenvalue weighted by Gasteiger charge is -2.15. The lowest BCUT2D eigenvalue weighted by Crippen LogP contribution is -2.21. The molecule has 45 heavy (non-hydrogen) atoms. The SMILES string of the molecule is CN(C)CC(=O)c1cn(-c2ccc3ncnc(Nc4c(F)ccc(NS(=O)(=O)c5ccccc5Cl)c4Cl)c3n2)c2ccccc12. The summed E-state index contributed by atoms with van der Waals surface area (Å²) in [7, 11) is -0.496. The molecule has 0 bridgehead atoms. The van der Waals surface area contributed by atoms with E-state index in [0.717, 1.165) is 17.0 Å². The van der Waals surface area contributed by atoms with Crippen LogP contribution in [0.5, 0.6) is 0 Å². The molecule has 0 aliphatic carbocycles. The molecular formula is C31H24Cl2FN7O3S. The fourth-order valence-electron chi connectivity index (χ4n) is 4.85. The van der Waals surface area contributed by atoms with E-state index in [1.54, 1.807) is 33.9 Å². The van der Waals surface area contributed by atoms with Gasteiger partial charge in [-0.3, -0.25) is 9.52 Å². The van der Waals surface area contributed by atoms with Crippen molar-refractivity contribution in [1.29, 1.82) is 0 Å². The van der Waals surface area contributed by atoms with Gasteiger partial charge in [-0.15, -0.1) is 0 Å². The minimum absolute atomic E-state index is 0.0144. The maximum atomic E-state index is 15.2. The van der Waals surface area contributed by atoms with E-state index in [4.69, 9.17) is 28.2 Å². The molecule has 14 heteroatoms. The Balaban J connectivity index is 1.40. The molecule has 0 aliphatic heterocycles. The van der Waals surface area contributed by atoms with E-state index in [1.165, 1.54) is 30.6 Å². The van der Waals surface area contributed by atoms with Crippen LogP contribution in [0.25, 0.3) is 27.8 Å². The van der Waals surface area contributed by atoms with Crippen LogP contribution in [0.4, 0.5) is 21.6 Å². The number of nitrogens with zero attached hydrogens (tertiary/aromatic N) is 5. The fourth-order valence-corrected chi connectivity index (χ4v) is 6.74. The van der Waals surface area contributed by atoms with Crippen LogP contribution in [-0.2, 0) is 10.0 Å². The summed E-state index contributed by atoms with van der Waals surface area (Å²) in [6, 6.07) is 19.2. The molecule has 3 aromatic carbocycles. The highest BCUT2D eigenvalue weighted by atomic mass is 35.5. The number of carbonyl (C=O) groups is 1. The number of ketones is 1. The number of sulfonamides is 1. The largest absolute Gasteiger partial charge is 0.335 e. The van der Waals surface area contributed by atoms with Crippen molar-refractivity contribution in [2.45, 2.75) is 4.90 Å². The van der Waals surface area contributed by atoms with E-state index in [9.17, 15) is 13.2 Å². The van der Waals surface area contributed by atoms with E-state index < -0.39 is 15.8 Å². The summed E-state index contributed by atoms with van der Waals surface area (Å²) in [5.41, 5.74) is 1.74. The van der Waals surface area contributed by atoms with Gasteiger partial charge in [0.25, 0.3) is 10.0 Å². The number of hydrogen-bond acceptors (Lipinski definition) is 8. The van der Waals surface area contributed by atoms with Crippen LogP contribution in [0.3, 0.4) is 0 Å². The molecule has 0 fully saturated rings. The molecule has 0 aliphatic rings. The standard InChI is InChI=1S/C31H24Cl2FN7O3S/c1-40(2)16-25(42)19-15-41(24-9-5-3-7-18(19)24)27-14-13-23-30(37-27)31(36-17-35-23)38-29-21(34)11-12-22(28(29)33)39-45(43,44)26-10-6-4-8-20(26)32/h3-15,17,39H,16H2,1-2H3,(H,35,36,38). The number of likely N-dealkylation sites (N-methyl/N-ethyl adjacent to an activating group) is 1. The lowest BCUT2D eigenvalue weighted by atomic mass is 10.1. The molecule has 3 aromatic heterocycles. The Morgan fingerprint density at radius 3 is 2.51 bits per heavy atom. The first-order chi connectivity index (χ1) is 21.5. The average Bonchev–Trinajstić information content (AvgIpc) is 3.40. The van der Waals surface area contributed by atoms with Crippen molar-refractivity contribution in [3.05, 3.63) is 107 Å². The van der Waals surface area contributed by atoms with E-state index in [1.807, 2.05) is 38.4 Å². The highest BCUT2D eigenvalue weighted by Crippen LogP contribution is 2.37. The maximum absolute atomic E-state index is 15.2. The van der Waals surface area contributed by atoms with Gasteiger partial charge in [-0.25, -0.2) is 27.8 Å². The number of anilines is 3. The number of pyridine rings is 1. The van der Waals surface area contributed by atoms with Gasteiger partial charge in [-0.1, -0.05) is 53.5 Å². The molecule has 0 saturated carbocycles. The van der Waals surface area contributed by atoms with E-state index in [-0.39, 0.29) is 50.0 Å². The molecule has 0 amide bonds. The number of halogens is 3. The highest BCUT2D eigenvalue weighted by Gasteiger charge is 2.22. The van der Waals surface area contributed by atoms with Gasteiger partial charge in [0, 0.05) is 17.1 Å². The van der Waals surface area contributed by atoms with Crippen LogP contribution in [-0.4, -0.2) is 59.3 Å². The van der Waals surface area contributed by atoms with Gasteiger partial charge < -0.3 is 14.8 Å². The van der Waals surface area contributed by atoms with Crippen LogP contribution < -0.4 is 10.0 Å². The molecule has 6 rings (SSSR count). The summed E-state index contributed by atoms with van der Waals surface area (Å²) >= 11 is 12.6. The molecule has 6 aromatic rings. The minimum Gasteiger partial charge on any atom is -0.335 e. The molecule has 0 unspecified atom stereocenters. The number of para-hydroxylation sites is 1. The Labute approximate surface area is 267 Å². The number of hydrogen-bond donors (Lipinski definition) is 2. The van der Waals surface area contributed by atoms with E-state index in [2.05, 4.69) is 20.0 Å². The van der Waals surface area contributed by atoms with Crippen molar-refractivity contribution in [1.82, 2.24) is 24.4 Å². The predicted molar refractivity (Wildman–Crippen MR) is 174 cm³/mol. The first kappa shape index (κ1) is 30.4. The molecule has 0 saturated heterocycles. The van der Waals surface area contributed by atoms with Gasteiger partial charge in [0.05, 0.1) is 39.0 Å². The third kappa shape index (κ3) is 5.92. The Morgan fingerprint density at radius 1 is 0.978 bits per heavy atom. The lowest BCUT2D eigenvalue weighted by molar-refractivity contribution is 0.0959. The van der Waals surface area contributed by atoms with Gasteiger partial charge in [0.1, 0.15) is 28.4 Å². The zero-order valence-corrected chi connectivity index (χ0v) is 26.1. The quantitative estimate of drug-likeness (QED) is 0.164. The fraction of sp³-hybridized carbons (Fsp3) is 0.0968. The summed E-state index contributed by atoms with van der Waals surface area (Å²) in [5, 5.41) is 3.42. The van der Waals surface area contributed by atoms with Crippen molar-refractivity contribution in [3.63, 3.8) is 0 Å². The normalized spacial score (nSPS) is 11.8. The number of carbonyl (C=O) groups excluding carboxylic acids is 1. The van der Waals surface area contributed by atoms with Crippen LogP contribution in [0.2, 0.25) is 10.0 Å². The Bertz CT molecular complexity index is 2230. The highest BCUT2D eigenvalue weighted by molar-refractivity contribution is 7.92. The minimum atomic E-state index is -4.15. The Hall–Kier alpha value is -4.62. The van der Waals surface area contributed by atoms with E-state index >= 15 is 4.39 Å². The number of aromatic nitrogens is 4. The second kappa shape index (κ2) is 12.1. The van der Waals surface area contributed by atoms with Gasteiger partial charge >= 0.3 is 0 Å². The summed E-state index contributed by atoms with van der Waals surface area (Å²) in [4.78, 5) is 28.0. The first-order valence-corrected chi connectivity index (χ1v) is 15.7. The summed E-state index contributed by atoms with van der Waals surface area (Å²) in [6.45, 7) is 0.237. The third-order valence-corrected chi connectivity index (χ3v) is 9.15. The second-order valence-electron chi connectivity index (χ2n) is 10.3. The van der Waals surface area contributed by atoms with Gasteiger partial charge in [-0.2, -0.15) is 0 Å². The van der Waals surface area contributed by atoms with Crippen LogP contribution >= 0.6 is 23.2 Å². The topological polar surface area (TPSA) is 122 Å². The van der Waals surface area contributed by atoms with Crippen LogP contribution in [0.1, 0.15) is 10.4 Å². The summed E-state index contributed by atoms with van der Waals surface area (Å²) in [6.07, 6.45) is 3.03. The van der Waals surface area contributed by atoms with Crippen LogP contribution in [0.15, 0.2) is 90.2 Å². The molecule has 0 atom stereocenters. The zero-order valence-electron chi connectivity index (χ0n) is 23.8. The summed E-state index contributed by atoms with van der Waals surface area (Å²) < 4.78 is 45.4. The number of benzene rings is 3. The van der Waals surface area contributed by atoms with Gasteiger partial charge in [0.2, 0.25) is 0 Å². The molecule has 2 N–H and O–H groups in total. The molecule has 228 valence electrons. The number of Topliss-reactive ketones (excluding diaryl/α,β-unsaturated/α-hetero) is 1. The average molecular weight is 665 g/mol. The maximum Gasteiger partial charge on any atom is 0.263 e. The third-order valence-electron chi connectivity index (χ3n) is 6.89. The number of fused-ring (bicyclic) bond motifs is 2. The molecule has 0 spiro atoms. The smallest absolute Gasteiger partial charge is 0.263 e. The number of rotatable bonds is 9. The number of nitrogens with one attached hydrogen (secondary N) is 2. The molecule has 0 radical (unpaired) electrons. The van der Waals surface area contributed by atoms with Crippen molar-refractivity contribution < 1.29 is 17.6 Å². The monoisotopic (exact) mass is 663 g/mol. The zero-order chi connectivity index (χ0) is 31.9.